The van der Waals surface area contributed by atoms with Crippen molar-refractivity contribution in [2.45, 2.75) is 52.0 Å². The highest BCUT2D eigenvalue weighted by Crippen LogP contribution is 2.29. The zero-order chi connectivity index (χ0) is 11.3. The molecular weight excluding hydrogens is 210 g/mol. The minimum absolute atomic E-state index is 0.169. The molecule has 0 aliphatic heterocycles. The molecule has 2 nitrogen and oxygen atoms in total. The third kappa shape index (κ3) is 4.42. The first-order valence-corrected chi connectivity index (χ1v) is 6.52. The van der Waals surface area contributed by atoms with Crippen LogP contribution in [0.5, 0.6) is 0 Å². The Hall–Kier alpha value is -0.240. The summed E-state index contributed by atoms with van der Waals surface area (Å²) in [6.45, 7) is 4.58. The van der Waals surface area contributed by atoms with Crippen LogP contribution < -0.4 is 5.32 Å². The summed E-state index contributed by atoms with van der Waals surface area (Å²) in [6.07, 6.45) is 4.86. The molecule has 3 unspecified atom stereocenters. The maximum Gasteiger partial charge on any atom is 0.220 e. The van der Waals surface area contributed by atoms with E-state index in [4.69, 9.17) is 11.6 Å². The van der Waals surface area contributed by atoms with Gasteiger partial charge in [-0.2, -0.15) is 0 Å². The van der Waals surface area contributed by atoms with Crippen LogP contribution in [-0.4, -0.2) is 17.8 Å². The Bertz CT molecular complexity index is 208. The number of rotatable bonds is 4. The average Bonchev–Trinajstić information content (AvgIpc) is 2.20. The van der Waals surface area contributed by atoms with Crippen molar-refractivity contribution < 1.29 is 4.79 Å². The van der Waals surface area contributed by atoms with E-state index in [0.717, 1.165) is 31.1 Å². The van der Waals surface area contributed by atoms with Crippen LogP contribution in [0, 0.1) is 11.8 Å². The van der Waals surface area contributed by atoms with E-state index in [1.807, 2.05) is 0 Å². The molecule has 0 aromatic carbocycles. The normalized spacial score (nSPS) is 31.3. The molecule has 1 N–H and O–H groups in total. The first kappa shape index (κ1) is 12.8. The fourth-order valence-corrected chi connectivity index (χ4v) is 2.34. The maximum atomic E-state index is 11.5. The molecule has 1 aliphatic carbocycles. The summed E-state index contributed by atoms with van der Waals surface area (Å²) in [5.74, 6) is 2.28. The molecule has 1 saturated carbocycles. The van der Waals surface area contributed by atoms with Gasteiger partial charge in [-0.25, -0.2) is 0 Å². The molecule has 0 bridgehead atoms. The van der Waals surface area contributed by atoms with Gasteiger partial charge in [0.05, 0.1) is 0 Å². The van der Waals surface area contributed by atoms with Crippen molar-refractivity contribution in [3.8, 4) is 0 Å². The van der Waals surface area contributed by atoms with Gasteiger partial charge in [0.15, 0.2) is 0 Å². The first-order valence-electron chi connectivity index (χ1n) is 5.98. The second kappa shape index (κ2) is 6.37. The van der Waals surface area contributed by atoms with Crippen LogP contribution in [0.1, 0.15) is 46.0 Å². The Morgan fingerprint density at radius 3 is 2.67 bits per heavy atom. The summed E-state index contributed by atoms with van der Waals surface area (Å²) in [6, 6.07) is 0.402. The van der Waals surface area contributed by atoms with Gasteiger partial charge in [-0.05, 0) is 37.5 Å². The monoisotopic (exact) mass is 231 g/mol. The number of hydrogen-bond acceptors (Lipinski definition) is 1. The molecular formula is C12H22ClNO. The molecule has 0 aromatic heterocycles. The van der Waals surface area contributed by atoms with Crippen LogP contribution in [0.4, 0.5) is 0 Å². The van der Waals surface area contributed by atoms with E-state index in [1.165, 1.54) is 6.42 Å². The zero-order valence-electron chi connectivity index (χ0n) is 9.76. The molecule has 1 rings (SSSR count). The predicted molar refractivity (Wildman–Crippen MR) is 64.1 cm³/mol. The summed E-state index contributed by atoms with van der Waals surface area (Å²) < 4.78 is 0. The second-order valence-electron chi connectivity index (χ2n) is 4.82. The van der Waals surface area contributed by atoms with Crippen molar-refractivity contribution in [2.75, 3.05) is 5.88 Å². The first-order chi connectivity index (χ1) is 7.13. The number of alkyl halides is 1. The highest BCUT2D eigenvalue weighted by atomic mass is 35.5. The summed E-state index contributed by atoms with van der Waals surface area (Å²) in [4.78, 5) is 11.5. The van der Waals surface area contributed by atoms with E-state index in [-0.39, 0.29) is 5.91 Å². The fraction of sp³-hybridized carbons (Fsp3) is 0.917. The lowest BCUT2D eigenvalue weighted by molar-refractivity contribution is -0.122. The fourth-order valence-electron chi connectivity index (χ4n) is 2.21. The smallest absolute Gasteiger partial charge is 0.220 e. The van der Waals surface area contributed by atoms with Crippen LogP contribution in [0.2, 0.25) is 0 Å². The van der Waals surface area contributed by atoms with Gasteiger partial charge in [0.25, 0.3) is 0 Å². The van der Waals surface area contributed by atoms with Gasteiger partial charge in [-0.1, -0.05) is 13.8 Å². The van der Waals surface area contributed by atoms with Crippen molar-refractivity contribution in [3.63, 3.8) is 0 Å². The molecule has 0 saturated heterocycles. The number of hydrogen-bond donors (Lipinski definition) is 1. The quantitative estimate of drug-likeness (QED) is 0.741. The summed E-state index contributed by atoms with van der Waals surface area (Å²) in [7, 11) is 0. The summed E-state index contributed by atoms with van der Waals surface area (Å²) in [5.41, 5.74) is 0. The molecule has 88 valence electrons. The molecule has 1 fully saturated rings. The third-order valence-corrected chi connectivity index (χ3v) is 3.77. The number of carbonyl (C=O) groups excluding carboxylic acids is 1. The standard InChI is InChI=1S/C12H22ClNO/c1-9-5-6-11(8-10(9)2)14-12(15)4-3-7-13/h9-11H,3-8H2,1-2H3,(H,14,15). The number of halogens is 1. The largest absolute Gasteiger partial charge is 0.353 e. The van der Waals surface area contributed by atoms with Gasteiger partial charge in [0.1, 0.15) is 0 Å². The second-order valence-corrected chi connectivity index (χ2v) is 5.20. The van der Waals surface area contributed by atoms with E-state index in [0.29, 0.717) is 18.3 Å². The minimum Gasteiger partial charge on any atom is -0.353 e. The Kier molecular flexibility index (Phi) is 5.44. The van der Waals surface area contributed by atoms with Crippen LogP contribution >= 0.6 is 11.6 Å². The lowest BCUT2D eigenvalue weighted by atomic mass is 9.79. The molecule has 1 aliphatic rings. The maximum absolute atomic E-state index is 11.5. The molecule has 0 radical (unpaired) electrons. The summed E-state index contributed by atoms with van der Waals surface area (Å²) in [5, 5.41) is 3.11. The average molecular weight is 232 g/mol. The minimum atomic E-state index is 0.169. The van der Waals surface area contributed by atoms with Gasteiger partial charge in [-0.15, -0.1) is 11.6 Å². The zero-order valence-corrected chi connectivity index (χ0v) is 10.5. The predicted octanol–water partition coefficient (Wildman–Crippen LogP) is 2.95. The summed E-state index contributed by atoms with van der Waals surface area (Å²) >= 11 is 5.55. The van der Waals surface area contributed by atoms with Crippen LogP contribution in [0.3, 0.4) is 0 Å². The van der Waals surface area contributed by atoms with Crippen LogP contribution in [0.15, 0.2) is 0 Å². The van der Waals surface area contributed by atoms with E-state index < -0.39 is 0 Å². The molecule has 1 amide bonds. The van der Waals surface area contributed by atoms with Gasteiger partial charge in [0, 0.05) is 18.3 Å². The highest BCUT2D eigenvalue weighted by Gasteiger charge is 2.25. The lowest BCUT2D eigenvalue weighted by Crippen LogP contribution is -2.39. The topological polar surface area (TPSA) is 29.1 Å². The highest BCUT2D eigenvalue weighted by molar-refractivity contribution is 6.17. The molecule has 0 heterocycles. The Labute approximate surface area is 97.8 Å². The Morgan fingerprint density at radius 2 is 2.07 bits per heavy atom. The molecule has 3 heteroatoms. The SMILES string of the molecule is CC1CCC(NC(=O)CCCCl)CC1C. The van der Waals surface area contributed by atoms with E-state index in [9.17, 15) is 4.79 Å². The lowest BCUT2D eigenvalue weighted by Gasteiger charge is -2.32. The van der Waals surface area contributed by atoms with Crippen molar-refractivity contribution >= 4 is 17.5 Å². The van der Waals surface area contributed by atoms with Gasteiger partial charge >= 0.3 is 0 Å². The number of carbonyl (C=O) groups is 1. The molecule has 0 spiro atoms. The van der Waals surface area contributed by atoms with Gasteiger partial charge in [-0.3, -0.25) is 4.79 Å². The molecule has 0 aromatic rings. The molecule has 3 atom stereocenters. The van der Waals surface area contributed by atoms with Crippen molar-refractivity contribution in [1.82, 2.24) is 5.32 Å². The third-order valence-electron chi connectivity index (χ3n) is 3.50. The Morgan fingerprint density at radius 1 is 1.33 bits per heavy atom. The van der Waals surface area contributed by atoms with Crippen molar-refractivity contribution in [2.24, 2.45) is 11.8 Å². The van der Waals surface area contributed by atoms with Crippen LogP contribution in [0.25, 0.3) is 0 Å². The number of nitrogens with one attached hydrogen (secondary N) is 1. The number of amides is 1. The van der Waals surface area contributed by atoms with Crippen molar-refractivity contribution in [3.05, 3.63) is 0 Å². The van der Waals surface area contributed by atoms with Gasteiger partial charge < -0.3 is 5.32 Å². The van der Waals surface area contributed by atoms with E-state index >= 15 is 0 Å². The van der Waals surface area contributed by atoms with E-state index in [1.54, 1.807) is 0 Å². The Balaban J connectivity index is 2.24. The van der Waals surface area contributed by atoms with Gasteiger partial charge in [0.2, 0.25) is 5.91 Å². The van der Waals surface area contributed by atoms with E-state index in [2.05, 4.69) is 19.2 Å². The van der Waals surface area contributed by atoms with Crippen molar-refractivity contribution in [1.29, 1.82) is 0 Å². The molecule has 15 heavy (non-hydrogen) atoms. The van der Waals surface area contributed by atoms with Crippen LogP contribution in [-0.2, 0) is 4.79 Å².